The average molecular weight is 369 g/mol. The lowest BCUT2D eigenvalue weighted by molar-refractivity contribution is -0.117. The average Bonchev–Trinajstić information content (AvgIpc) is 2.72. The first-order valence-corrected chi connectivity index (χ1v) is 9.07. The lowest BCUT2D eigenvalue weighted by Crippen LogP contribution is -2.49. The van der Waals surface area contributed by atoms with Crippen LogP contribution in [0.3, 0.4) is 0 Å². The molecule has 1 aliphatic heterocycles. The number of benzene rings is 3. The molecule has 28 heavy (non-hydrogen) atoms. The van der Waals surface area contributed by atoms with Crippen LogP contribution in [-0.4, -0.2) is 17.1 Å². The number of rotatable bonds is 4. The fraction of sp³-hybridized carbons (Fsp3) is 0.130. The molecule has 0 saturated carbocycles. The summed E-state index contributed by atoms with van der Waals surface area (Å²) < 4.78 is 0. The van der Waals surface area contributed by atoms with Crippen molar-refractivity contribution in [2.75, 3.05) is 10.2 Å². The van der Waals surface area contributed by atoms with E-state index < -0.39 is 0 Å². The van der Waals surface area contributed by atoms with Crippen molar-refractivity contribution in [2.45, 2.75) is 19.0 Å². The fourth-order valence-corrected chi connectivity index (χ4v) is 3.49. The quantitative estimate of drug-likeness (QED) is 0.733. The van der Waals surface area contributed by atoms with Crippen LogP contribution in [-0.2, 0) is 17.8 Å². The number of para-hydroxylation sites is 2. The summed E-state index contributed by atoms with van der Waals surface area (Å²) >= 11 is 0. The summed E-state index contributed by atoms with van der Waals surface area (Å²) in [6, 6.07) is 23.9. The van der Waals surface area contributed by atoms with Gasteiger partial charge >= 0.3 is 0 Å². The van der Waals surface area contributed by atoms with Crippen molar-refractivity contribution in [3.8, 4) is 11.8 Å². The lowest BCUT2D eigenvalue weighted by atomic mass is 9.99. The van der Waals surface area contributed by atoms with Crippen LogP contribution in [0.1, 0.15) is 16.7 Å². The molecule has 0 spiro atoms. The molecule has 0 bridgehead atoms. The first-order chi connectivity index (χ1) is 13.6. The van der Waals surface area contributed by atoms with Crippen molar-refractivity contribution in [2.24, 2.45) is 0 Å². The normalized spacial score (nSPS) is 15.5. The van der Waals surface area contributed by atoms with Gasteiger partial charge in [-0.2, -0.15) is 5.26 Å². The second kappa shape index (κ2) is 7.45. The van der Waals surface area contributed by atoms with Gasteiger partial charge in [-0.3, -0.25) is 4.79 Å². The van der Waals surface area contributed by atoms with Crippen LogP contribution >= 0.6 is 0 Å². The van der Waals surface area contributed by atoms with Crippen molar-refractivity contribution >= 4 is 17.3 Å². The first-order valence-electron chi connectivity index (χ1n) is 9.07. The zero-order valence-corrected chi connectivity index (χ0v) is 15.2. The van der Waals surface area contributed by atoms with Gasteiger partial charge in [-0.05, 0) is 47.5 Å². The molecule has 0 fully saturated rings. The van der Waals surface area contributed by atoms with E-state index in [1.165, 1.54) is 0 Å². The van der Waals surface area contributed by atoms with Crippen LogP contribution in [0.15, 0.2) is 72.8 Å². The maximum Gasteiger partial charge on any atom is 0.247 e. The highest BCUT2D eigenvalue weighted by atomic mass is 16.3. The Hall–Kier alpha value is -3.78. The van der Waals surface area contributed by atoms with Gasteiger partial charge < -0.3 is 15.3 Å². The minimum Gasteiger partial charge on any atom is -0.508 e. The molecule has 2 N–H and O–H groups in total. The summed E-state index contributed by atoms with van der Waals surface area (Å²) in [5, 5.41) is 21.5. The fourth-order valence-electron chi connectivity index (χ4n) is 3.49. The van der Waals surface area contributed by atoms with Crippen LogP contribution in [0.25, 0.3) is 0 Å². The number of amides is 1. The smallest absolute Gasteiger partial charge is 0.247 e. The van der Waals surface area contributed by atoms with E-state index in [4.69, 9.17) is 5.26 Å². The molecular weight excluding hydrogens is 350 g/mol. The number of aromatic hydroxyl groups is 1. The van der Waals surface area contributed by atoms with Gasteiger partial charge in [0, 0.05) is 13.0 Å². The van der Waals surface area contributed by atoms with Crippen molar-refractivity contribution < 1.29 is 9.90 Å². The topological polar surface area (TPSA) is 76.4 Å². The van der Waals surface area contributed by atoms with E-state index in [1.54, 1.807) is 24.3 Å². The van der Waals surface area contributed by atoms with Gasteiger partial charge in [0.2, 0.25) is 5.91 Å². The molecule has 0 saturated heterocycles. The second-order valence-electron chi connectivity index (χ2n) is 6.83. The number of nitrogens with one attached hydrogen (secondary N) is 1. The Kier molecular flexibility index (Phi) is 4.69. The molecule has 1 aliphatic rings. The molecule has 5 heteroatoms. The molecule has 4 rings (SSSR count). The summed E-state index contributed by atoms with van der Waals surface area (Å²) in [6.07, 6.45) is 0.525. The van der Waals surface area contributed by atoms with E-state index in [0.717, 1.165) is 22.5 Å². The molecule has 3 aromatic carbocycles. The first kappa shape index (κ1) is 17.6. The Labute approximate surface area is 163 Å². The maximum absolute atomic E-state index is 12.9. The molecule has 1 heterocycles. The third kappa shape index (κ3) is 3.53. The van der Waals surface area contributed by atoms with Gasteiger partial charge in [-0.15, -0.1) is 0 Å². The number of hydrogen-bond donors (Lipinski definition) is 2. The summed E-state index contributed by atoms with van der Waals surface area (Å²) in [5.74, 6) is 0.150. The number of phenolic OH excluding ortho intramolecular Hbond substituents is 1. The van der Waals surface area contributed by atoms with Crippen molar-refractivity contribution in [1.82, 2.24) is 0 Å². The van der Waals surface area contributed by atoms with Crippen LogP contribution in [0.2, 0.25) is 0 Å². The van der Waals surface area contributed by atoms with Crippen LogP contribution in [0.5, 0.6) is 5.75 Å². The number of nitrogens with zero attached hydrogens (tertiary/aromatic N) is 2. The molecule has 0 aliphatic carbocycles. The number of phenols is 1. The summed E-state index contributed by atoms with van der Waals surface area (Å²) in [6.45, 7) is 0.554. The molecule has 5 nitrogen and oxygen atoms in total. The van der Waals surface area contributed by atoms with Crippen molar-refractivity contribution in [1.29, 1.82) is 5.26 Å². The highest BCUT2D eigenvalue weighted by Crippen LogP contribution is 2.34. The SMILES string of the molecule is N#Cc1ccc(CN2c3ccccc3NC(=O)C2Cc2ccc(O)cc2)cc1. The highest BCUT2D eigenvalue weighted by molar-refractivity contribution is 6.03. The number of anilines is 2. The van der Waals surface area contributed by atoms with Gasteiger partial charge in [0.05, 0.1) is 23.0 Å². The van der Waals surface area contributed by atoms with E-state index in [9.17, 15) is 9.90 Å². The molecule has 138 valence electrons. The lowest BCUT2D eigenvalue weighted by Gasteiger charge is -2.38. The Morgan fingerprint density at radius 1 is 0.964 bits per heavy atom. The predicted octanol–water partition coefficient (Wildman–Crippen LogP) is 3.83. The number of carbonyl (C=O) groups is 1. The van der Waals surface area contributed by atoms with Crippen molar-refractivity contribution in [3.63, 3.8) is 0 Å². The number of fused-ring (bicyclic) bond motifs is 1. The van der Waals surface area contributed by atoms with Gasteiger partial charge in [0.25, 0.3) is 0 Å². The van der Waals surface area contributed by atoms with Gasteiger partial charge in [0.15, 0.2) is 0 Å². The van der Waals surface area contributed by atoms with Gasteiger partial charge in [-0.25, -0.2) is 0 Å². The Bertz CT molecular complexity index is 1040. The zero-order valence-electron chi connectivity index (χ0n) is 15.2. The van der Waals surface area contributed by atoms with Crippen LogP contribution in [0, 0.1) is 11.3 Å². The Morgan fingerprint density at radius 3 is 2.36 bits per heavy atom. The van der Waals surface area contributed by atoms with E-state index in [0.29, 0.717) is 18.5 Å². The minimum absolute atomic E-state index is 0.0552. The molecule has 0 radical (unpaired) electrons. The van der Waals surface area contributed by atoms with Crippen LogP contribution in [0.4, 0.5) is 11.4 Å². The zero-order chi connectivity index (χ0) is 19.5. The third-order valence-corrected chi connectivity index (χ3v) is 4.95. The van der Waals surface area contributed by atoms with Gasteiger partial charge in [0.1, 0.15) is 11.8 Å². The summed E-state index contributed by atoms with van der Waals surface area (Å²) in [5.41, 5.74) is 4.38. The molecule has 0 aromatic heterocycles. The molecule has 1 amide bonds. The summed E-state index contributed by atoms with van der Waals surface area (Å²) in [7, 11) is 0. The highest BCUT2D eigenvalue weighted by Gasteiger charge is 2.32. The standard InChI is InChI=1S/C23H19N3O2/c24-14-17-5-7-18(8-6-17)15-26-21-4-2-1-3-20(21)25-23(28)22(26)13-16-9-11-19(27)12-10-16/h1-12,22,27H,13,15H2,(H,25,28). The third-order valence-electron chi connectivity index (χ3n) is 4.95. The number of nitriles is 1. The minimum atomic E-state index is -0.380. The maximum atomic E-state index is 12.9. The predicted molar refractivity (Wildman–Crippen MR) is 108 cm³/mol. The van der Waals surface area contributed by atoms with E-state index in [1.807, 2.05) is 48.5 Å². The second-order valence-corrected chi connectivity index (χ2v) is 6.83. The number of hydrogen-bond acceptors (Lipinski definition) is 4. The summed E-state index contributed by atoms with van der Waals surface area (Å²) in [4.78, 5) is 15.0. The molecular formula is C23H19N3O2. The molecule has 1 atom stereocenters. The Morgan fingerprint density at radius 2 is 1.64 bits per heavy atom. The molecule has 3 aromatic rings. The van der Waals surface area contributed by atoms with E-state index in [2.05, 4.69) is 16.3 Å². The molecule has 1 unspecified atom stereocenters. The van der Waals surface area contributed by atoms with E-state index >= 15 is 0 Å². The van der Waals surface area contributed by atoms with E-state index in [-0.39, 0.29) is 17.7 Å². The largest absolute Gasteiger partial charge is 0.508 e. The van der Waals surface area contributed by atoms with Gasteiger partial charge in [-0.1, -0.05) is 36.4 Å². The van der Waals surface area contributed by atoms with Crippen LogP contribution < -0.4 is 10.2 Å². The monoisotopic (exact) mass is 369 g/mol. The Balaban J connectivity index is 1.68. The van der Waals surface area contributed by atoms with Crippen molar-refractivity contribution in [3.05, 3.63) is 89.5 Å². The number of carbonyl (C=O) groups excluding carboxylic acids is 1.